The highest BCUT2D eigenvalue weighted by atomic mass is 16.6. The van der Waals surface area contributed by atoms with Crippen LogP contribution >= 0.6 is 0 Å². The second-order valence-electron chi connectivity index (χ2n) is 7.55. The molecule has 2 aliphatic heterocycles. The molecule has 3 aromatic rings. The number of hydrogen-bond acceptors (Lipinski definition) is 4. The molecule has 1 saturated heterocycles. The first-order valence-corrected chi connectivity index (χ1v) is 10.1. The zero-order valence-electron chi connectivity index (χ0n) is 16.6. The summed E-state index contributed by atoms with van der Waals surface area (Å²) in [5.74, 6) is 0.865. The molecule has 3 aromatic carbocycles. The van der Waals surface area contributed by atoms with Crippen molar-refractivity contribution in [2.24, 2.45) is 0 Å². The summed E-state index contributed by atoms with van der Waals surface area (Å²) in [6.07, 6.45) is -0.0752. The number of benzene rings is 3. The Morgan fingerprint density at radius 3 is 2.31 bits per heavy atom. The molecule has 2 unspecified atom stereocenters. The van der Waals surface area contributed by atoms with Crippen LogP contribution in [0.5, 0.6) is 5.75 Å². The van der Waals surface area contributed by atoms with Gasteiger partial charge in [0.25, 0.3) is 0 Å². The summed E-state index contributed by atoms with van der Waals surface area (Å²) in [4.78, 5) is 2.37. The third-order valence-electron chi connectivity index (χ3n) is 6.08. The Morgan fingerprint density at radius 1 is 0.862 bits per heavy atom. The summed E-state index contributed by atoms with van der Waals surface area (Å²) in [7, 11) is 1.70. The number of nitrogens with zero attached hydrogens (tertiary/aromatic N) is 1. The average molecular weight is 387 g/mol. The van der Waals surface area contributed by atoms with Crippen molar-refractivity contribution < 1.29 is 14.2 Å². The zero-order chi connectivity index (χ0) is 19.7. The molecule has 4 nitrogen and oxygen atoms in total. The van der Waals surface area contributed by atoms with Crippen molar-refractivity contribution in [2.45, 2.75) is 11.6 Å². The second kappa shape index (κ2) is 7.54. The Labute approximate surface area is 171 Å². The molecule has 4 heteroatoms. The summed E-state index contributed by atoms with van der Waals surface area (Å²) in [5, 5.41) is 0. The Morgan fingerprint density at radius 2 is 1.59 bits per heavy atom. The largest absolute Gasteiger partial charge is 0.497 e. The predicted octanol–water partition coefficient (Wildman–Crippen LogP) is 4.22. The lowest BCUT2D eigenvalue weighted by Crippen LogP contribution is -2.46. The van der Waals surface area contributed by atoms with Gasteiger partial charge in [0.1, 0.15) is 5.75 Å². The van der Waals surface area contributed by atoms with Crippen molar-refractivity contribution in [1.29, 1.82) is 0 Å². The van der Waals surface area contributed by atoms with E-state index in [9.17, 15) is 0 Å². The van der Waals surface area contributed by atoms with Gasteiger partial charge < -0.3 is 19.1 Å². The van der Waals surface area contributed by atoms with Crippen LogP contribution in [-0.2, 0) is 14.9 Å². The lowest BCUT2D eigenvalue weighted by atomic mass is 9.71. The van der Waals surface area contributed by atoms with E-state index in [1.807, 2.05) is 12.1 Å². The van der Waals surface area contributed by atoms with Gasteiger partial charge in [-0.3, -0.25) is 0 Å². The molecule has 0 radical (unpaired) electrons. The first-order valence-electron chi connectivity index (χ1n) is 10.1. The number of fused-ring (bicyclic) bond motifs is 1. The summed E-state index contributed by atoms with van der Waals surface area (Å²) < 4.78 is 17.2. The van der Waals surface area contributed by atoms with E-state index in [1.165, 1.54) is 22.4 Å². The minimum absolute atomic E-state index is 0.0752. The average Bonchev–Trinajstić information content (AvgIpc) is 3.17. The molecule has 148 valence electrons. The fraction of sp³-hybridized carbons (Fsp3) is 0.280. The van der Waals surface area contributed by atoms with Crippen LogP contribution in [0.4, 0.5) is 5.69 Å². The monoisotopic (exact) mass is 387 g/mol. The van der Waals surface area contributed by atoms with Crippen LogP contribution in [0.25, 0.3) is 0 Å². The van der Waals surface area contributed by atoms with Crippen LogP contribution in [0.1, 0.15) is 16.7 Å². The van der Waals surface area contributed by atoms with Gasteiger partial charge in [0, 0.05) is 12.2 Å². The Kier molecular flexibility index (Phi) is 4.74. The van der Waals surface area contributed by atoms with Crippen LogP contribution < -0.4 is 9.64 Å². The fourth-order valence-corrected chi connectivity index (χ4v) is 4.68. The molecule has 1 fully saturated rings. The van der Waals surface area contributed by atoms with Crippen molar-refractivity contribution in [3.63, 3.8) is 0 Å². The molecule has 0 aromatic heterocycles. The fourth-order valence-electron chi connectivity index (χ4n) is 4.68. The highest BCUT2D eigenvalue weighted by Gasteiger charge is 2.47. The molecule has 2 atom stereocenters. The Balaban J connectivity index is 1.70. The van der Waals surface area contributed by atoms with Crippen molar-refractivity contribution in [1.82, 2.24) is 0 Å². The number of hydrogen-bond donors (Lipinski definition) is 0. The molecule has 0 amide bonds. The van der Waals surface area contributed by atoms with E-state index < -0.39 is 0 Å². The topological polar surface area (TPSA) is 30.9 Å². The van der Waals surface area contributed by atoms with Gasteiger partial charge in [0.2, 0.25) is 0 Å². The van der Waals surface area contributed by atoms with Crippen LogP contribution in [0.3, 0.4) is 0 Å². The molecule has 29 heavy (non-hydrogen) atoms. The number of rotatable bonds is 4. The molecule has 2 heterocycles. The van der Waals surface area contributed by atoms with Gasteiger partial charge in [-0.1, -0.05) is 60.7 Å². The minimum Gasteiger partial charge on any atom is -0.497 e. The van der Waals surface area contributed by atoms with Crippen molar-refractivity contribution >= 4 is 5.69 Å². The molecular weight excluding hydrogens is 362 g/mol. The maximum atomic E-state index is 6.10. The van der Waals surface area contributed by atoms with E-state index in [2.05, 4.69) is 71.6 Å². The highest BCUT2D eigenvalue weighted by molar-refractivity contribution is 5.70. The van der Waals surface area contributed by atoms with E-state index in [1.54, 1.807) is 7.11 Å². The van der Waals surface area contributed by atoms with Gasteiger partial charge in [-0.05, 0) is 34.9 Å². The molecule has 0 N–H and O–H groups in total. The van der Waals surface area contributed by atoms with Gasteiger partial charge in [-0.2, -0.15) is 0 Å². The number of ether oxygens (including phenoxy) is 3. The molecular formula is C25H25NO3. The van der Waals surface area contributed by atoms with Crippen molar-refractivity contribution in [3.8, 4) is 5.75 Å². The number of anilines is 1. The maximum absolute atomic E-state index is 6.10. The summed E-state index contributed by atoms with van der Waals surface area (Å²) in [6.45, 7) is 2.68. The van der Waals surface area contributed by atoms with Crippen molar-refractivity contribution in [3.05, 3.63) is 95.6 Å². The van der Waals surface area contributed by atoms with Gasteiger partial charge in [-0.15, -0.1) is 0 Å². The molecule has 0 saturated carbocycles. The third kappa shape index (κ3) is 3.00. The van der Waals surface area contributed by atoms with Gasteiger partial charge in [0.05, 0.1) is 32.3 Å². The van der Waals surface area contributed by atoms with E-state index in [-0.39, 0.29) is 11.6 Å². The standard InChI is InChI=1S/C25H25NO3/c1-27-21-13-11-20(12-14-21)25(19-7-3-2-4-8-19)18-26(24-17-28-15-16-29-24)23-10-6-5-9-22(23)25/h2-14,24H,15-18H2,1H3. The summed E-state index contributed by atoms with van der Waals surface area (Å²) in [5.41, 5.74) is 4.74. The SMILES string of the molecule is COc1ccc(C2(c3ccccc3)CN(C3COCCO3)c3ccccc32)cc1. The summed E-state index contributed by atoms with van der Waals surface area (Å²) in [6, 6.07) is 27.9. The van der Waals surface area contributed by atoms with Crippen LogP contribution in [-0.4, -0.2) is 39.7 Å². The highest BCUT2D eigenvalue weighted by Crippen LogP contribution is 2.50. The first kappa shape index (κ1) is 18.2. The lowest BCUT2D eigenvalue weighted by molar-refractivity contribution is -0.0881. The molecule has 0 aliphatic carbocycles. The number of para-hydroxylation sites is 1. The third-order valence-corrected chi connectivity index (χ3v) is 6.08. The van der Waals surface area contributed by atoms with Crippen LogP contribution in [0, 0.1) is 0 Å². The van der Waals surface area contributed by atoms with E-state index in [0.29, 0.717) is 19.8 Å². The zero-order valence-corrected chi connectivity index (χ0v) is 16.6. The quantitative estimate of drug-likeness (QED) is 0.671. The molecule has 5 rings (SSSR count). The van der Waals surface area contributed by atoms with Crippen LogP contribution in [0.2, 0.25) is 0 Å². The van der Waals surface area contributed by atoms with E-state index in [4.69, 9.17) is 14.2 Å². The second-order valence-corrected chi connectivity index (χ2v) is 7.55. The van der Waals surface area contributed by atoms with Gasteiger partial charge in [0.15, 0.2) is 6.23 Å². The number of methoxy groups -OCH3 is 1. The van der Waals surface area contributed by atoms with E-state index >= 15 is 0 Å². The molecule has 2 aliphatic rings. The van der Waals surface area contributed by atoms with Gasteiger partial charge in [-0.25, -0.2) is 0 Å². The Hall–Kier alpha value is -2.82. The maximum Gasteiger partial charge on any atom is 0.153 e. The normalized spacial score (nSPS) is 23.6. The van der Waals surface area contributed by atoms with E-state index in [0.717, 1.165) is 12.3 Å². The smallest absolute Gasteiger partial charge is 0.153 e. The van der Waals surface area contributed by atoms with Crippen LogP contribution in [0.15, 0.2) is 78.9 Å². The van der Waals surface area contributed by atoms with Crippen molar-refractivity contribution in [2.75, 3.05) is 38.4 Å². The molecule has 0 bridgehead atoms. The predicted molar refractivity (Wildman–Crippen MR) is 114 cm³/mol. The molecule has 0 spiro atoms. The van der Waals surface area contributed by atoms with Gasteiger partial charge >= 0.3 is 0 Å². The lowest BCUT2D eigenvalue weighted by Gasteiger charge is -2.36. The minimum atomic E-state index is -0.287. The summed E-state index contributed by atoms with van der Waals surface area (Å²) >= 11 is 0. The first-order chi connectivity index (χ1) is 14.3. The Bertz CT molecular complexity index is 967.